The Morgan fingerprint density at radius 2 is 1.82 bits per heavy atom. The van der Waals surface area contributed by atoms with Gasteiger partial charge < -0.3 is 4.74 Å². The number of nitrogens with zero attached hydrogens (tertiary/aromatic N) is 2. The molecule has 2 rings (SSSR count). The first-order valence-electron chi connectivity index (χ1n) is 7.61. The summed E-state index contributed by atoms with van der Waals surface area (Å²) in [4.78, 5) is 0.216. The van der Waals surface area contributed by atoms with E-state index in [1.165, 1.54) is 0 Å². The summed E-state index contributed by atoms with van der Waals surface area (Å²) in [5.41, 5.74) is -0.0298. The molecule has 2 aliphatic heterocycles. The van der Waals surface area contributed by atoms with E-state index in [1.54, 1.807) is 0 Å². The second kappa shape index (κ2) is 4.96. The van der Waals surface area contributed by atoms with E-state index in [0.717, 1.165) is 6.54 Å². The molecule has 0 atom stereocenters. The fourth-order valence-electron chi connectivity index (χ4n) is 2.67. The van der Waals surface area contributed by atoms with Crippen LogP contribution in [0.2, 0.25) is 18.1 Å². The number of nitrogens with two attached hydrogens (primary N) is 1. The van der Waals surface area contributed by atoms with Crippen LogP contribution in [0, 0.1) is 5.41 Å². The maximum absolute atomic E-state index is 12.0. The highest BCUT2D eigenvalue weighted by Gasteiger charge is 2.52. The lowest BCUT2D eigenvalue weighted by molar-refractivity contribution is -0.0715. The zero-order chi connectivity index (χ0) is 17.1. The normalized spacial score (nSPS) is 23.5. The number of rotatable bonds is 2. The Hall–Kier alpha value is -0.573. The topological polar surface area (TPSA) is 75.9 Å². The molecular weight excluding hydrogens is 318 g/mol. The monoisotopic (exact) mass is 347 g/mol. The number of primary sulfonamides is 1. The summed E-state index contributed by atoms with van der Waals surface area (Å²) in [6, 6.07) is 0. The smallest absolute Gasteiger partial charge is 0.240 e. The molecule has 0 aliphatic carbocycles. The first kappa shape index (κ1) is 17.8. The van der Waals surface area contributed by atoms with Crippen LogP contribution in [0.15, 0.2) is 10.8 Å². The maximum atomic E-state index is 12.0. The molecule has 22 heavy (non-hydrogen) atoms. The highest BCUT2D eigenvalue weighted by Crippen LogP contribution is 2.45. The van der Waals surface area contributed by atoms with Crippen molar-refractivity contribution in [3.05, 3.63) is 10.8 Å². The van der Waals surface area contributed by atoms with Gasteiger partial charge in [0.15, 0.2) is 8.24 Å². The Balaban J connectivity index is 2.49. The van der Waals surface area contributed by atoms with Crippen molar-refractivity contribution in [2.45, 2.75) is 52.8 Å². The highest BCUT2D eigenvalue weighted by molar-refractivity contribution is 7.93. The van der Waals surface area contributed by atoms with Crippen molar-refractivity contribution in [1.82, 2.24) is 9.68 Å². The van der Waals surface area contributed by atoms with Crippen molar-refractivity contribution < 1.29 is 13.2 Å². The maximum Gasteiger partial charge on any atom is 0.240 e. The standard InChI is InChI=1S/C14H29N3O3SSi/c1-13(2,3)22(6,7)17-8-11(21(15,18)19)12-16(17)9-14(4,5)10-20-12/h8-10H2,1-7H3,(H2,15,18,19). The van der Waals surface area contributed by atoms with Crippen molar-refractivity contribution in [2.75, 3.05) is 19.7 Å². The van der Waals surface area contributed by atoms with Gasteiger partial charge in [-0.3, -0.25) is 5.01 Å². The van der Waals surface area contributed by atoms with Gasteiger partial charge in [0.05, 0.1) is 13.2 Å². The molecule has 2 N–H and O–H groups in total. The van der Waals surface area contributed by atoms with Gasteiger partial charge in [-0.05, 0) is 5.04 Å². The molecule has 0 spiro atoms. The summed E-state index contributed by atoms with van der Waals surface area (Å²) in [6.45, 7) is 17.0. The van der Waals surface area contributed by atoms with Crippen LogP contribution in [-0.4, -0.2) is 46.0 Å². The summed E-state index contributed by atoms with van der Waals surface area (Å²) in [6.07, 6.45) is 0. The molecule has 0 bridgehead atoms. The van der Waals surface area contributed by atoms with Crippen LogP contribution in [0.25, 0.3) is 0 Å². The third kappa shape index (κ3) is 2.93. The van der Waals surface area contributed by atoms with Crippen molar-refractivity contribution in [3.8, 4) is 0 Å². The number of hydrogen-bond acceptors (Lipinski definition) is 5. The molecule has 0 amide bonds. The minimum atomic E-state index is -3.76. The van der Waals surface area contributed by atoms with E-state index in [1.807, 2.05) is 5.01 Å². The molecule has 0 radical (unpaired) electrons. The van der Waals surface area contributed by atoms with Crippen molar-refractivity contribution in [1.29, 1.82) is 0 Å². The van der Waals surface area contributed by atoms with Crippen LogP contribution >= 0.6 is 0 Å². The summed E-state index contributed by atoms with van der Waals surface area (Å²) in [5.74, 6) is 0.437. The number of hydrazine groups is 1. The lowest BCUT2D eigenvalue weighted by Gasteiger charge is -2.51. The zero-order valence-corrected chi connectivity index (χ0v) is 16.5. The molecule has 0 aromatic carbocycles. The molecule has 0 aromatic heterocycles. The minimum absolute atomic E-state index is 0.0298. The molecule has 2 heterocycles. The Morgan fingerprint density at radius 3 is 2.27 bits per heavy atom. The molecule has 8 heteroatoms. The number of hydrogen-bond donors (Lipinski definition) is 1. The van der Waals surface area contributed by atoms with E-state index in [2.05, 4.69) is 52.4 Å². The third-order valence-corrected chi connectivity index (χ3v) is 11.4. The van der Waals surface area contributed by atoms with E-state index in [9.17, 15) is 8.42 Å². The van der Waals surface area contributed by atoms with Gasteiger partial charge in [-0.25, -0.2) is 18.2 Å². The highest BCUT2D eigenvalue weighted by atomic mass is 32.2. The third-order valence-electron chi connectivity index (χ3n) is 5.06. The average molecular weight is 348 g/mol. The van der Waals surface area contributed by atoms with Crippen LogP contribution in [-0.2, 0) is 14.8 Å². The number of sulfonamides is 1. The molecule has 1 fully saturated rings. The molecule has 0 unspecified atom stereocenters. The Morgan fingerprint density at radius 1 is 1.27 bits per heavy atom. The number of fused-ring (bicyclic) bond motifs is 1. The summed E-state index contributed by atoms with van der Waals surface area (Å²) >= 11 is 0. The predicted octanol–water partition coefficient (Wildman–Crippen LogP) is 2.04. The van der Waals surface area contributed by atoms with Gasteiger partial charge >= 0.3 is 0 Å². The fraction of sp³-hybridized carbons (Fsp3) is 0.857. The van der Waals surface area contributed by atoms with Gasteiger partial charge in [0.2, 0.25) is 15.9 Å². The molecule has 0 saturated carbocycles. The summed E-state index contributed by atoms with van der Waals surface area (Å²) < 4.78 is 32.0. The summed E-state index contributed by atoms with van der Waals surface area (Å²) in [7, 11) is -5.70. The van der Waals surface area contributed by atoms with Gasteiger partial charge in [0, 0.05) is 12.0 Å². The van der Waals surface area contributed by atoms with E-state index in [0.29, 0.717) is 19.0 Å². The van der Waals surface area contributed by atoms with E-state index < -0.39 is 18.3 Å². The van der Waals surface area contributed by atoms with Gasteiger partial charge in [-0.1, -0.05) is 47.7 Å². The Bertz CT molecular complexity index is 605. The van der Waals surface area contributed by atoms with Crippen LogP contribution < -0.4 is 5.14 Å². The molecule has 6 nitrogen and oxygen atoms in total. The van der Waals surface area contributed by atoms with Crippen LogP contribution in [0.4, 0.5) is 0 Å². The molecule has 128 valence electrons. The number of ether oxygens (including phenoxy) is 1. The zero-order valence-electron chi connectivity index (χ0n) is 14.7. The average Bonchev–Trinajstić information content (AvgIpc) is 2.64. The van der Waals surface area contributed by atoms with Gasteiger partial charge in [0.1, 0.15) is 4.91 Å². The fourth-order valence-corrected chi connectivity index (χ4v) is 5.59. The van der Waals surface area contributed by atoms with E-state index in [-0.39, 0.29) is 15.4 Å². The van der Waals surface area contributed by atoms with Gasteiger partial charge in [-0.2, -0.15) is 0 Å². The predicted molar refractivity (Wildman–Crippen MR) is 90.5 cm³/mol. The van der Waals surface area contributed by atoms with E-state index in [4.69, 9.17) is 9.88 Å². The first-order chi connectivity index (χ1) is 9.67. The van der Waals surface area contributed by atoms with Crippen molar-refractivity contribution >= 4 is 18.3 Å². The van der Waals surface area contributed by atoms with Crippen LogP contribution in [0.3, 0.4) is 0 Å². The minimum Gasteiger partial charge on any atom is -0.477 e. The molecule has 2 aliphatic rings. The lowest BCUT2D eigenvalue weighted by atomic mass is 9.94. The van der Waals surface area contributed by atoms with Gasteiger partial charge in [0.25, 0.3) is 0 Å². The van der Waals surface area contributed by atoms with Crippen molar-refractivity contribution in [2.24, 2.45) is 10.6 Å². The molecular formula is C14H29N3O3SSi. The van der Waals surface area contributed by atoms with Gasteiger partial charge in [-0.15, -0.1) is 0 Å². The van der Waals surface area contributed by atoms with Crippen LogP contribution in [0.1, 0.15) is 34.6 Å². The lowest BCUT2D eigenvalue weighted by Crippen LogP contribution is -2.62. The largest absolute Gasteiger partial charge is 0.477 e. The molecule has 1 saturated heterocycles. The van der Waals surface area contributed by atoms with Crippen LogP contribution in [0.5, 0.6) is 0 Å². The van der Waals surface area contributed by atoms with E-state index >= 15 is 0 Å². The first-order valence-corrected chi connectivity index (χ1v) is 12.1. The Kier molecular flexibility index (Phi) is 4.01. The second-order valence-electron chi connectivity index (χ2n) is 8.65. The second-order valence-corrected chi connectivity index (χ2v) is 15.4. The Labute approximate surface area is 135 Å². The van der Waals surface area contributed by atoms with Crippen molar-refractivity contribution in [3.63, 3.8) is 0 Å². The summed E-state index contributed by atoms with van der Waals surface area (Å²) in [5, 5.41) is 7.55. The molecule has 0 aromatic rings. The quantitative estimate of drug-likeness (QED) is 0.774. The SMILES string of the molecule is CC1(C)COC2=C(S(N)(=O)=O)CN([Si](C)(C)C(C)(C)C)N2C1.